The zero-order valence-corrected chi connectivity index (χ0v) is 12.6. The van der Waals surface area contributed by atoms with Gasteiger partial charge in [0.05, 0.1) is 29.0 Å². The summed E-state index contributed by atoms with van der Waals surface area (Å²) in [6, 6.07) is 5.05. The van der Waals surface area contributed by atoms with Gasteiger partial charge in [-0.2, -0.15) is 0 Å². The molecule has 0 radical (unpaired) electrons. The number of aryl methyl sites for hydroxylation is 1. The first-order valence-electron chi connectivity index (χ1n) is 5.77. The molecule has 0 aliphatic carbocycles. The maximum Gasteiger partial charge on any atom is 0.335 e. The van der Waals surface area contributed by atoms with E-state index in [0.717, 1.165) is 8.27 Å². The first kappa shape index (κ1) is 13.0. The number of hydrogen-bond acceptors (Lipinski definition) is 4. The van der Waals surface area contributed by atoms with Gasteiger partial charge in [0.1, 0.15) is 3.70 Å². The second-order valence-electron chi connectivity index (χ2n) is 4.21. The Morgan fingerprint density at radius 3 is 2.65 bits per heavy atom. The van der Waals surface area contributed by atoms with Gasteiger partial charge in [-0.25, -0.2) is 14.3 Å². The van der Waals surface area contributed by atoms with Crippen molar-refractivity contribution >= 4 is 33.5 Å². The lowest BCUT2D eigenvalue weighted by atomic mass is 10.3. The number of halogens is 1. The Hall–Kier alpha value is -2.03. The minimum Gasteiger partial charge on any atom is -0.294 e. The van der Waals surface area contributed by atoms with Gasteiger partial charge in [0.2, 0.25) is 0 Å². The normalized spacial score (nSPS) is 10.9. The summed E-state index contributed by atoms with van der Waals surface area (Å²) in [6.45, 7) is 0. The molecule has 0 aliphatic heterocycles. The average Bonchev–Trinajstić information content (AvgIpc) is 2.47. The fourth-order valence-corrected chi connectivity index (χ4v) is 2.34. The van der Waals surface area contributed by atoms with Crippen molar-refractivity contribution in [1.29, 1.82) is 0 Å². The third-order valence-electron chi connectivity index (χ3n) is 3.04. The van der Waals surface area contributed by atoms with Gasteiger partial charge in [0.25, 0.3) is 5.56 Å². The molecule has 0 amide bonds. The Bertz CT molecular complexity index is 912. The van der Waals surface area contributed by atoms with Crippen molar-refractivity contribution < 1.29 is 0 Å². The molecule has 20 heavy (non-hydrogen) atoms. The van der Waals surface area contributed by atoms with E-state index in [9.17, 15) is 9.59 Å². The van der Waals surface area contributed by atoms with Crippen molar-refractivity contribution in [3.8, 4) is 5.69 Å². The zero-order valence-electron chi connectivity index (χ0n) is 10.4. The Balaban J connectivity index is 2.45. The lowest BCUT2D eigenvalue weighted by Crippen LogP contribution is -2.38. The van der Waals surface area contributed by atoms with Crippen molar-refractivity contribution in [2.45, 2.75) is 0 Å². The number of rotatable bonds is 1. The highest BCUT2D eigenvalue weighted by Gasteiger charge is 2.12. The summed E-state index contributed by atoms with van der Waals surface area (Å²) in [7, 11) is 1.61. The van der Waals surface area contributed by atoms with Crippen LogP contribution in [0.4, 0.5) is 0 Å². The monoisotopic (exact) mass is 380 g/mol. The second-order valence-corrected chi connectivity index (χ2v) is 5.32. The summed E-state index contributed by atoms with van der Waals surface area (Å²) in [6.07, 6.45) is 4.55. The molecule has 0 saturated carbocycles. The highest BCUT2D eigenvalue weighted by Crippen LogP contribution is 2.08. The maximum absolute atomic E-state index is 12.5. The van der Waals surface area contributed by atoms with E-state index in [1.165, 1.54) is 23.2 Å². The van der Waals surface area contributed by atoms with Gasteiger partial charge < -0.3 is 0 Å². The van der Waals surface area contributed by atoms with E-state index in [1.54, 1.807) is 25.2 Å². The van der Waals surface area contributed by atoms with Crippen LogP contribution in [0, 0.1) is 3.70 Å². The van der Waals surface area contributed by atoms with Gasteiger partial charge in [-0.3, -0.25) is 14.3 Å². The molecule has 0 bridgehead atoms. The van der Waals surface area contributed by atoms with Crippen LogP contribution in [0.3, 0.4) is 0 Å². The Morgan fingerprint density at radius 1 is 1.15 bits per heavy atom. The molecule has 7 heteroatoms. The lowest BCUT2D eigenvalue weighted by molar-refractivity contribution is 0.770. The molecule has 0 atom stereocenters. The van der Waals surface area contributed by atoms with Gasteiger partial charge in [-0.1, -0.05) is 0 Å². The van der Waals surface area contributed by atoms with Crippen molar-refractivity contribution in [1.82, 2.24) is 19.1 Å². The molecule has 3 heterocycles. The Kier molecular flexibility index (Phi) is 3.13. The van der Waals surface area contributed by atoms with E-state index in [1.807, 2.05) is 0 Å². The maximum atomic E-state index is 12.5. The minimum atomic E-state index is -0.418. The standard InChI is InChI=1S/C13H9IN4O2/c1-17-10-7-15-5-4-9(10)12(19)18(13(17)20)8-2-3-11(14)16-6-8/h2-7H,1H3. The largest absolute Gasteiger partial charge is 0.335 e. The van der Waals surface area contributed by atoms with Gasteiger partial charge in [-0.05, 0) is 40.8 Å². The third kappa shape index (κ3) is 1.94. The molecule has 0 aliphatic rings. The van der Waals surface area contributed by atoms with Crippen LogP contribution in [0.2, 0.25) is 0 Å². The zero-order chi connectivity index (χ0) is 14.3. The molecule has 100 valence electrons. The summed E-state index contributed by atoms with van der Waals surface area (Å²) < 4.78 is 3.31. The highest BCUT2D eigenvalue weighted by atomic mass is 127. The predicted molar refractivity (Wildman–Crippen MR) is 83.1 cm³/mol. The van der Waals surface area contributed by atoms with Crippen LogP contribution in [0.15, 0.2) is 46.4 Å². The molecule has 0 N–H and O–H groups in total. The number of fused-ring (bicyclic) bond motifs is 1. The molecule has 3 aromatic heterocycles. The topological polar surface area (TPSA) is 69.8 Å². The average molecular weight is 380 g/mol. The quantitative estimate of drug-likeness (QED) is 0.468. The van der Waals surface area contributed by atoms with E-state index in [-0.39, 0.29) is 5.56 Å². The summed E-state index contributed by atoms with van der Waals surface area (Å²) in [5, 5.41) is 0.445. The van der Waals surface area contributed by atoms with Crippen LogP contribution in [-0.2, 0) is 7.05 Å². The van der Waals surface area contributed by atoms with E-state index >= 15 is 0 Å². The van der Waals surface area contributed by atoms with Gasteiger partial charge in [0.15, 0.2) is 0 Å². The molecular weight excluding hydrogens is 371 g/mol. The van der Waals surface area contributed by atoms with Crippen molar-refractivity contribution in [3.63, 3.8) is 0 Å². The second kappa shape index (κ2) is 4.82. The first-order chi connectivity index (χ1) is 9.59. The smallest absolute Gasteiger partial charge is 0.294 e. The summed E-state index contributed by atoms with van der Waals surface area (Å²) >= 11 is 2.06. The molecule has 6 nitrogen and oxygen atoms in total. The molecule has 3 rings (SSSR count). The van der Waals surface area contributed by atoms with Crippen LogP contribution in [0.25, 0.3) is 16.6 Å². The number of pyridine rings is 2. The fourth-order valence-electron chi connectivity index (χ4n) is 2.02. The van der Waals surface area contributed by atoms with Gasteiger partial charge in [-0.15, -0.1) is 0 Å². The van der Waals surface area contributed by atoms with E-state index < -0.39 is 5.69 Å². The molecule has 0 saturated heterocycles. The number of hydrogen-bond donors (Lipinski definition) is 0. The minimum absolute atomic E-state index is 0.367. The molecule has 0 fully saturated rings. The van der Waals surface area contributed by atoms with Crippen molar-refractivity contribution in [2.75, 3.05) is 0 Å². The molecular formula is C13H9IN4O2. The summed E-state index contributed by atoms with van der Waals surface area (Å²) in [5.41, 5.74) is 0.180. The molecule has 0 aromatic carbocycles. The Labute approximate surface area is 126 Å². The van der Waals surface area contributed by atoms with Gasteiger partial charge >= 0.3 is 5.69 Å². The van der Waals surface area contributed by atoms with Crippen LogP contribution in [0.5, 0.6) is 0 Å². The summed E-state index contributed by atoms with van der Waals surface area (Å²) in [5.74, 6) is 0. The number of nitrogens with zero attached hydrogens (tertiary/aromatic N) is 4. The van der Waals surface area contributed by atoms with E-state index in [2.05, 4.69) is 32.6 Å². The Morgan fingerprint density at radius 2 is 1.95 bits per heavy atom. The molecule has 0 unspecified atom stereocenters. The SMILES string of the molecule is Cn1c(=O)n(-c2ccc(I)nc2)c(=O)c2ccncc21. The lowest BCUT2D eigenvalue weighted by Gasteiger charge is -2.09. The first-order valence-corrected chi connectivity index (χ1v) is 6.85. The van der Waals surface area contributed by atoms with Crippen molar-refractivity contribution in [2.24, 2.45) is 7.05 Å². The van der Waals surface area contributed by atoms with Crippen molar-refractivity contribution in [3.05, 3.63) is 61.3 Å². The molecule has 0 spiro atoms. The van der Waals surface area contributed by atoms with Gasteiger partial charge in [0, 0.05) is 13.2 Å². The van der Waals surface area contributed by atoms with E-state index in [4.69, 9.17) is 0 Å². The van der Waals surface area contributed by atoms with Crippen LogP contribution < -0.4 is 11.2 Å². The van der Waals surface area contributed by atoms with Crippen LogP contribution >= 0.6 is 22.6 Å². The molecule has 3 aromatic rings. The number of aromatic nitrogens is 4. The summed E-state index contributed by atoms with van der Waals surface area (Å²) in [4.78, 5) is 32.9. The van der Waals surface area contributed by atoms with Crippen LogP contribution in [0.1, 0.15) is 0 Å². The third-order valence-corrected chi connectivity index (χ3v) is 3.68. The van der Waals surface area contributed by atoms with E-state index in [0.29, 0.717) is 16.6 Å². The highest BCUT2D eigenvalue weighted by molar-refractivity contribution is 14.1. The predicted octanol–water partition coefficient (Wildman–Crippen LogP) is 1.08. The van der Waals surface area contributed by atoms with Crippen LogP contribution in [-0.4, -0.2) is 19.1 Å². The fraction of sp³-hybridized carbons (Fsp3) is 0.0769.